The average molecular weight is 155 g/mol. The number of aryl methyl sites for hydroxylation is 1. The van der Waals surface area contributed by atoms with Crippen molar-refractivity contribution in [3.63, 3.8) is 0 Å². The first-order valence-electron chi connectivity index (χ1n) is 3.06. The zero-order chi connectivity index (χ0) is 7.98. The van der Waals surface area contributed by atoms with Crippen LogP contribution in [0.2, 0.25) is 0 Å². The molecular formula is C8H13NS. The van der Waals surface area contributed by atoms with Gasteiger partial charge in [0.2, 0.25) is 0 Å². The van der Waals surface area contributed by atoms with Crippen LogP contribution in [0.1, 0.15) is 5.56 Å². The molecule has 56 valence electrons. The summed E-state index contributed by atoms with van der Waals surface area (Å²) in [6.07, 6.45) is 1.69. The summed E-state index contributed by atoms with van der Waals surface area (Å²) in [5.74, 6) is 0. The monoisotopic (exact) mass is 155 g/mol. The Morgan fingerprint density at radius 3 is 2.00 bits per heavy atom. The van der Waals surface area contributed by atoms with Crippen LogP contribution in [0, 0.1) is 6.92 Å². The Kier molecular flexibility index (Phi) is 4.85. The molecule has 0 saturated carbocycles. The van der Waals surface area contributed by atoms with Crippen molar-refractivity contribution >= 4 is 18.3 Å². The molecular weight excluding hydrogens is 142 g/mol. The van der Waals surface area contributed by atoms with E-state index in [2.05, 4.69) is 12.6 Å². The van der Waals surface area contributed by atoms with Crippen LogP contribution in [0.3, 0.4) is 0 Å². The molecule has 2 heteroatoms. The third kappa shape index (κ3) is 2.78. The van der Waals surface area contributed by atoms with E-state index in [4.69, 9.17) is 5.73 Å². The first-order chi connectivity index (χ1) is 4.80. The fourth-order valence-corrected chi connectivity index (χ4v) is 0.587. The van der Waals surface area contributed by atoms with Crippen LogP contribution in [0.15, 0.2) is 24.3 Å². The number of nitrogen functional groups attached to an aromatic ring is 1. The van der Waals surface area contributed by atoms with E-state index in [1.54, 1.807) is 6.26 Å². The molecule has 0 atom stereocenters. The highest BCUT2D eigenvalue weighted by molar-refractivity contribution is 7.79. The Balaban J connectivity index is 0.000000371. The lowest BCUT2D eigenvalue weighted by molar-refractivity contribution is 1.47. The van der Waals surface area contributed by atoms with Gasteiger partial charge in [0.25, 0.3) is 0 Å². The van der Waals surface area contributed by atoms with Gasteiger partial charge < -0.3 is 5.73 Å². The number of para-hydroxylation sites is 1. The van der Waals surface area contributed by atoms with Crippen molar-refractivity contribution in [2.75, 3.05) is 12.0 Å². The second kappa shape index (κ2) is 5.18. The molecule has 0 fully saturated rings. The summed E-state index contributed by atoms with van der Waals surface area (Å²) >= 11 is 3.53. The van der Waals surface area contributed by atoms with Gasteiger partial charge in [-0.2, -0.15) is 12.6 Å². The Hall–Kier alpha value is -0.630. The van der Waals surface area contributed by atoms with Crippen molar-refractivity contribution in [1.29, 1.82) is 0 Å². The number of hydrogen-bond acceptors (Lipinski definition) is 2. The number of thiol groups is 1. The number of anilines is 1. The molecule has 0 radical (unpaired) electrons. The zero-order valence-electron chi connectivity index (χ0n) is 6.33. The highest BCUT2D eigenvalue weighted by Crippen LogP contribution is 2.06. The van der Waals surface area contributed by atoms with E-state index >= 15 is 0 Å². The Labute approximate surface area is 67.7 Å². The minimum atomic E-state index is 0.868. The van der Waals surface area contributed by atoms with Crippen molar-refractivity contribution in [3.8, 4) is 0 Å². The summed E-state index contributed by atoms with van der Waals surface area (Å²) in [5, 5.41) is 0. The van der Waals surface area contributed by atoms with Crippen molar-refractivity contribution in [2.45, 2.75) is 6.92 Å². The van der Waals surface area contributed by atoms with E-state index < -0.39 is 0 Å². The standard InChI is InChI=1S/C7H9N.CH4S/c1-6-4-2-3-5-7(6)8;1-2/h2-5H,8H2,1H3;2H,1H3. The van der Waals surface area contributed by atoms with Crippen LogP contribution < -0.4 is 5.73 Å². The van der Waals surface area contributed by atoms with Gasteiger partial charge >= 0.3 is 0 Å². The maximum absolute atomic E-state index is 5.52. The van der Waals surface area contributed by atoms with E-state index in [1.165, 1.54) is 0 Å². The number of nitrogens with two attached hydrogens (primary N) is 1. The van der Waals surface area contributed by atoms with E-state index in [0.29, 0.717) is 0 Å². The summed E-state index contributed by atoms with van der Waals surface area (Å²) in [7, 11) is 0. The second-order valence-corrected chi connectivity index (χ2v) is 1.86. The van der Waals surface area contributed by atoms with Crippen molar-refractivity contribution in [1.82, 2.24) is 0 Å². The molecule has 0 unspecified atom stereocenters. The van der Waals surface area contributed by atoms with Gasteiger partial charge in [-0.05, 0) is 24.8 Å². The zero-order valence-corrected chi connectivity index (χ0v) is 7.23. The molecule has 0 aliphatic heterocycles. The lowest BCUT2D eigenvalue weighted by Gasteiger charge is -1.93. The first-order valence-corrected chi connectivity index (χ1v) is 3.96. The molecule has 1 aromatic carbocycles. The largest absolute Gasteiger partial charge is 0.399 e. The molecule has 1 nitrogen and oxygen atoms in total. The maximum atomic E-state index is 5.52. The highest BCUT2D eigenvalue weighted by Gasteiger charge is 1.84. The van der Waals surface area contributed by atoms with E-state index in [9.17, 15) is 0 Å². The molecule has 2 N–H and O–H groups in total. The van der Waals surface area contributed by atoms with Gasteiger partial charge in [-0.25, -0.2) is 0 Å². The minimum absolute atomic E-state index is 0.868. The molecule has 0 aliphatic carbocycles. The Bertz CT molecular complexity index is 165. The number of rotatable bonds is 0. The molecule has 0 bridgehead atoms. The van der Waals surface area contributed by atoms with Crippen LogP contribution in [0.25, 0.3) is 0 Å². The molecule has 0 amide bonds. The average Bonchev–Trinajstić information content (AvgIpc) is 2.00. The predicted molar refractivity (Wildman–Crippen MR) is 50.5 cm³/mol. The molecule has 0 heterocycles. The van der Waals surface area contributed by atoms with E-state index in [-0.39, 0.29) is 0 Å². The summed E-state index contributed by atoms with van der Waals surface area (Å²) < 4.78 is 0. The SMILES string of the molecule is CS.Cc1ccccc1N. The van der Waals surface area contributed by atoms with Gasteiger partial charge in [-0.3, -0.25) is 0 Å². The summed E-state index contributed by atoms with van der Waals surface area (Å²) in [6.45, 7) is 2.00. The van der Waals surface area contributed by atoms with E-state index in [1.807, 2.05) is 31.2 Å². The minimum Gasteiger partial charge on any atom is -0.399 e. The number of hydrogen-bond donors (Lipinski definition) is 2. The summed E-state index contributed by atoms with van der Waals surface area (Å²) in [5.41, 5.74) is 7.53. The third-order valence-corrected chi connectivity index (χ3v) is 1.19. The van der Waals surface area contributed by atoms with Gasteiger partial charge in [0.1, 0.15) is 0 Å². The predicted octanol–water partition coefficient (Wildman–Crippen LogP) is 2.12. The normalized spacial score (nSPS) is 7.90. The molecule has 10 heavy (non-hydrogen) atoms. The van der Waals surface area contributed by atoms with E-state index in [0.717, 1.165) is 11.3 Å². The lowest BCUT2D eigenvalue weighted by Crippen LogP contribution is -1.85. The van der Waals surface area contributed by atoms with Crippen LogP contribution >= 0.6 is 12.6 Å². The van der Waals surface area contributed by atoms with Crippen LogP contribution in [0.5, 0.6) is 0 Å². The molecule has 0 aromatic heterocycles. The van der Waals surface area contributed by atoms with Crippen molar-refractivity contribution in [3.05, 3.63) is 29.8 Å². The topological polar surface area (TPSA) is 26.0 Å². The third-order valence-electron chi connectivity index (χ3n) is 1.19. The molecule has 0 saturated heterocycles. The quantitative estimate of drug-likeness (QED) is 0.435. The van der Waals surface area contributed by atoms with Gasteiger partial charge in [-0.15, -0.1) is 0 Å². The summed E-state index contributed by atoms with van der Waals surface area (Å²) in [4.78, 5) is 0. The Morgan fingerprint density at radius 2 is 1.70 bits per heavy atom. The smallest absolute Gasteiger partial charge is 0.0343 e. The maximum Gasteiger partial charge on any atom is 0.0343 e. The highest BCUT2D eigenvalue weighted by atomic mass is 32.1. The van der Waals surface area contributed by atoms with Crippen molar-refractivity contribution < 1.29 is 0 Å². The van der Waals surface area contributed by atoms with Crippen molar-refractivity contribution in [2.24, 2.45) is 0 Å². The number of benzene rings is 1. The molecule has 1 aromatic rings. The van der Waals surface area contributed by atoms with Crippen LogP contribution in [-0.2, 0) is 0 Å². The first kappa shape index (κ1) is 9.37. The summed E-state index contributed by atoms with van der Waals surface area (Å²) in [6, 6.07) is 7.80. The fraction of sp³-hybridized carbons (Fsp3) is 0.250. The van der Waals surface area contributed by atoms with Crippen LogP contribution in [-0.4, -0.2) is 6.26 Å². The lowest BCUT2D eigenvalue weighted by atomic mass is 10.2. The van der Waals surface area contributed by atoms with Gasteiger partial charge in [-0.1, -0.05) is 18.2 Å². The van der Waals surface area contributed by atoms with Gasteiger partial charge in [0, 0.05) is 5.69 Å². The van der Waals surface area contributed by atoms with Crippen LogP contribution in [0.4, 0.5) is 5.69 Å². The Morgan fingerprint density at radius 1 is 1.20 bits per heavy atom. The van der Waals surface area contributed by atoms with Gasteiger partial charge in [0.15, 0.2) is 0 Å². The fourth-order valence-electron chi connectivity index (χ4n) is 0.587. The second-order valence-electron chi connectivity index (χ2n) is 1.86. The molecule has 0 aliphatic rings. The molecule has 0 spiro atoms. The molecule has 1 rings (SSSR count). The van der Waals surface area contributed by atoms with Gasteiger partial charge in [0.05, 0.1) is 0 Å².